The SMILES string of the molecule is C=CCNC(=S)NNC(=C)c1cccs1. The Balaban J connectivity index is 2.28. The lowest BCUT2D eigenvalue weighted by atomic mass is 10.4. The standard InChI is InChI=1S/C10H13N3S2/c1-3-6-11-10(14)13-12-8(2)9-5-4-7-15-9/h3-5,7,12H,1-2,6H2,(H2,11,13,14). The van der Waals surface area contributed by atoms with Crippen molar-refractivity contribution in [3.05, 3.63) is 41.6 Å². The van der Waals surface area contributed by atoms with Crippen LogP contribution in [0.5, 0.6) is 0 Å². The van der Waals surface area contributed by atoms with Crippen LogP contribution in [0.25, 0.3) is 5.70 Å². The molecule has 0 aromatic carbocycles. The average Bonchev–Trinajstić information content (AvgIpc) is 2.76. The summed E-state index contributed by atoms with van der Waals surface area (Å²) in [6, 6.07) is 3.96. The molecule has 0 saturated heterocycles. The Kier molecular flexibility index (Phi) is 4.86. The molecule has 0 aliphatic carbocycles. The number of rotatable bonds is 5. The molecule has 0 aliphatic rings. The van der Waals surface area contributed by atoms with Gasteiger partial charge in [0.1, 0.15) is 0 Å². The zero-order chi connectivity index (χ0) is 11.1. The van der Waals surface area contributed by atoms with Crippen LogP contribution < -0.4 is 16.2 Å². The third kappa shape index (κ3) is 4.14. The Morgan fingerprint density at radius 1 is 1.53 bits per heavy atom. The first-order chi connectivity index (χ1) is 7.24. The molecule has 0 unspecified atom stereocenters. The lowest BCUT2D eigenvalue weighted by Gasteiger charge is -2.12. The maximum atomic E-state index is 5.00. The van der Waals surface area contributed by atoms with Crippen molar-refractivity contribution in [2.75, 3.05) is 6.54 Å². The third-order valence-corrected chi connectivity index (χ3v) is 2.73. The van der Waals surface area contributed by atoms with E-state index in [0.29, 0.717) is 11.7 Å². The number of hydrogen-bond donors (Lipinski definition) is 3. The van der Waals surface area contributed by atoms with Gasteiger partial charge in [-0.05, 0) is 23.7 Å². The van der Waals surface area contributed by atoms with E-state index in [2.05, 4.69) is 29.3 Å². The molecule has 3 nitrogen and oxygen atoms in total. The van der Waals surface area contributed by atoms with E-state index in [1.807, 2.05) is 17.5 Å². The minimum absolute atomic E-state index is 0.521. The van der Waals surface area contributed by atoms with Crippen LogP contribution in [0.4, 0.5) is 0 Å². The normalized spacial score (nSPS) is 9.07. The molecule has 0 saturated carbocycles. The fraction of sp³-hybridized carbons (Fsp3) is 0.100. The smallest absolute Gasteiger partial charge is 0.185 e. The Labute approximate surface area is 98.9 Å². The van der Waals surface area contributed by atoms with Crippen molar-refractivity contribution in [2.45, 2.75) is 0 Å². The van der Waals surface area contributed by atoms with Crippen LogP contribution in [0, 0.1) is 0 Å². The van der Waals surface area contributed by atoms with Gasteiger partial charge in [0, 0.05) is 6.54 Å². The van der Waals surface area contributed by atoms with Gasteiger partial charge in [-0.25, -0.2) is 0 Å². The molecular weight excluding hydrogens is 226 g/mol. The van der Waals surface area contributed by atoms with Crippen molar-refractivity contribution >= 4 is 34.4 Å². The molecule has 0 atom stereocenters. The molecule has 0 spiro atoms. The van der Waals surface area contributed by atoms with Gasteiger partial charge < -0.3 is 5.32 Å². The van der Waals surface area contributed by atoms with E-state index < -0.39 is 0 Å². The number of thiocarbonyl (C=S) groups is 1. The first kappa shape index (κ1) is 11.7. The molecule has 1 heterocycles. The monoisotopic (exact) mass is 239 g/mol. The second-order valence-corrected chi connectivity index (χ2v) is 4.06. The lowest BCUT2D eigenvalue weighted by Crippen LogP contribution is -2.42. The van der Waals surface area contributed by atoms with Gasteiger partial charge in [-0.15, -0.1) is 17.9 Å². The van der Waals surface area contributed by atoms with Crippen molar-refractivity contribution in [1.82, 2.24) is 16.2 Å². The highest BCUT2D eigenvalue weighted by Crippen LogP contribution is 2.14. The predicted octanol–water partition coefficient (Wildman–Crippen LogP) is 1.87. The summed E-state index contributed by atoms with van der Waals surface area (Å²) in [5.74, 6) is 0. The second kappa shape index (κ2) is 6.21. The van der Waals surface area contributed by atoms with Crippen LogP contribution in [0.2, 0.25) is 0 Å². The fourth-order valence-corrected chi connectivity index (χ4v) is 1.64. The average molecular weight is 239 g/mol. The molecule has 80 valence electrons. The maximum absolute atomic E-state index is 5.00. The summed E-state index contributed by atoms with van der Waals surface area (Å²) >= 11 is 6.62. The minimum Gasteiger partial charge on any atom is -0.358 e. The molecule has 0 aliphatic heterocycles. The molecule has 3 N–H and O–H groups in total. The van der Waals surface area contributed by atoms with Crippen molar-refractivity contribution in [3.8, 4) is 0 Å². The van der Waals surface area contributed by atoms with E-state index in [9.17, 15) is 0 Å². The summed E-state index contributed by atoms with van der Waals surface area (Å²) < 4.78 is 0. The van der Waals surface area contributed by atoms with Crippen molar-refractivity contribution in [2.24, 2.45) is 0 Å². The zero-order valence-corrected chi connectivity index (χ0v) is 9.88. The van der Waals surface area contributed by atoms with Gasteiger partial charge >= 0.3 is 0 Å². The van der Waals surface area contributed by atoms with E-state index in [0.717, 1.165) is 10.6 Å². The summed E-state index contributed by atoms with van der Waals surface area (Å²) in [5.41, 5.74) is 6.56. The van der Waals surface area contributed by atoms with Gasteiger partial charge in [0.2, 0.25) is 0 Å². The van der Waals surface area contributed by atoms with Gasteiger partial charge in [-0.1, -0.05) is 18.7 Å². The predicted molar refractivity (Wildman–Crippen MR) is 70.4 cm³/mol. The van der Waals surface area contributed by atoms with E-state index in [4.69, 9.17) is 12.2 Å². The van der Waals surface area contributed by atoms with Crippen LogP contribution >= 0.6 is 23.6 Å². The number of hydrogen-bond acceptors (Lipinski definition) is 3. The van der Waals surface area contributed by atoms with Crippen LogP contribution in [0.1, 0.15) is 4.88 Å². The Morgan fingerprint density at radius 2 is 2.33 bits per heavy atom. The summed E-state index contributed by atoms with van der Waals surface area (Å²) in [7, 11) is 0. The van der Waals surface area contributed by atoms with Crippen LogP contribution in [-0.4, -0.2) is 11.7 Å². The minimum atomic E-state index is 0.521. The van der Waals surface area contributed by atoms with E-state index in [1.165, 1.54) is 0 Å². The first-order valence-electron chi connectivity index (χ1n) is 4.37. The molecule has 1 aromatic heterocycles. The summed E-state index contributed by atoms with van der Waals surface area (Å²) in [5, 5.41) is 5.45. The number of hydrazine groups is 1. The molecule has 0 radical (unpaired) electrons. The van der Waals surface area contributed by atoms with Gasteiger partial charge in [-0.2, -0.15) is 0 Å². The van der Waals surface area contributed by atoms with Crippen molar-refractivity contribution in [3.63, 3.8) is 0 Å². The molecule has 0 bridgehead atoms. The first-order valence-corrected chi connectivity index (χ1v) is 5.66. The van der Waals surface area contributed by atoms with E-state index >= 15 is 0 Å². The van der Waals surface area contributed by atoms with Crippen LogP contribution in [-0.2, 0) is 0 Å². The third-order valence-electron chi connectivity index (χ3n) is 1.55. The molecule has 0 fully saturated rings. The molecule has 15 heavy (non-hydrogen) atoms. The lowest BCUT2D eigenvalue weighted by molar-refractivity contribution is 0.815. The topological polar surface area (TPSA) is 36.1 Å². The van der Waals surface area contributed by atoms with Gasteiger partial charge in [-0.3, -0.25) is 10.9 Å². The van der Waals surface area contributed by atoms with Gasteiger partial charge in [0.15, 0.2) is 5.11 Å². The van der Waals surface area contributed by atoms with Crippen LogP contribution in [0.3, 0.4) is 0 Å². The largest absolute Gasteiger partial charge is 0.358 e. The molecule has 0 amide bonds. The van der Waals surface area contributed by atoms with Crippen molar-refractivity contribution < 1.29 is 0 Å². The van der Waals surface area contributed by atoms with E-state index in [1.54, 1.807) is 17.4 Å². The van der Waals surface area contributed by atoms with Gasteiger partial charge in [0.05, 0.1) is 10.6 Å². The Hall–Kier alpha value is -1.33. The molecular formula is C10H13N3S2. The summed E-state index contributed by atoms with van der Waals surface area (Å²) in [6.45, 7) is 8.10. The van der Waals surface area contributed by atoms with Crippen LogP contribution in [0.15, 0.2) is 36.7 Å². The van der Waals surface area contributed by atoms with E-state index in [-0.39, 0.29) is 0 Å². The summed E-state index contributed by atoms with van der Waals surface area (Å²) in [4.78, 5) is 1.08. The fourth-order valence-electron chi connectivity index (χ4n) is 0.853. The van der Waals surface area contributed by atoms with Crippen molar-refractivity contribution in [1.29, 1.82) is 0 Å². The van der Waals surface area contributed by atoms with Gasteiger partial charge in [0.25, 0.3) is 0 Å². The maximum Gasteiger partial charge on any atom is 0.185 e. The molecule has 1 rings (SSSR count). The highest BCUT2D eigenvalue weighted by Gasteiger charge is 1.98. The summed E-state index contributed by atoms with van der Waals surface area (Å²) in [6.07, 6.45) is 1.74. The quantitative estimate of drug-likeness (QED) is 0.416. The molecule has 1 aromatic rings. The number of nitrogens with one attached hydrogen (secondary N) is 3. The number of thiophene rings is 1. The Morgan fingerprint density at radius 3 is 2.93 bits per heavy atom. The zero-order valence-electron chi connectivity index (χ0n) is 8.25. The highest BCUT2D eigenvalue weighted by atomic mass is 32.1. The highest BCUT2D eigenvalue weighted by molar-refractivity contribution is 7.80. The molecule has 5 heteroatoms. The second-order valence-electron chi connectivity index (χ2n) is 2.70. The Bertz CT molecular complexity index is 344.